The van der Waals surface area contributed by atoms with Gasteiger partial charge in [0.25, 0.3) is 0 Å². The Hall–Kier alpha value is -0.820. The molecule has 0 fully saturated rings. The molecule has 0 bridgehead atoms. The second-order valence-electron chi connectivity index (χ2n) is 2.65. The van der Waals surface area contributed by atoms with Crippen LogP contribution >= 0.6 is 0 Å². The normalized spacial score (nSPS) is 17.1. The fourth-order valence-electron chi connectivity index (χ4n) is 0.936. The van der Waals surface area contributed by atoms with Gasteiger partial charge in [-0.3, -0.25) is 0 Å². The summed E-state index contributed by atoms with van der Waals surface area (Å²) in [5.74, 6) is 0. The maximum absolute atomic E-state index is 7.86. The molecule has 2 atom stereocenters. The van der Waals surface area contributed by atoms with Crippen molar-refractivity contribution in [2.24, 2.45) is 0 Å². The van der Waals surface area contributed by atoms with Gasteiger partial charge in [0, 0.05) is 7.41 Å². The zero-order valence-electron chi connectivity index (χ0n) is 8.04. The third kappa shape index (κ3) is 2.72. The topological polar surface area (TPSA) is 12.0 Å². The second-order valence-corrected chi connectivity index (χ2v) is 2.65. The van der Waals surface area contributed by atoms with Crippen molar-refractivity contribution >= 4 is 0 Å². The lowest BCUT2D eigenvalue weighted by molar-refractivity contribution is 0.608. The highest BCUT2D eigenvalue weighted by Crippen LogP contribution is 2.01. The molecule has 0 aliphatic heterocycles. The molecule has 1 heteroatoms. The number of nitrogens with one attached hydrogen (secondary N) is 1. The van der Waals surface area contributed by atoms with E-state index in [4.69, 9.17) is 1.37 Å². The van der Waals surface area contributed by atoms with Crippen LogP contribution in [0.5, 0.6) is 0 Å². The van der Waals surface area contributed by atoms with Gasteiger partial charge in [0.05, 0.1) is 0 Å². The summed E-state index contributed by atoms with van der Waals surface area (Å²) < 4.78 is 7.86. The lowest BCUT2D eigenvalue weighted by atomic mass is 10.1. The van der Waals surface area contributed by atoms with Gasteiger partial charge in [-0.2, -0.15) is 0 Å². The van der Waals surface area contributed by atoms with E-state index in [1.54, 1.807) is 0 Å². The van der Waals surface area contributed by atoms with Crippen LogP contribution in [0.1, 0.15) is 13.9 Å². The van der Waals surface area contributed by atoms with Gasteiger partial charge in [-0.25, -0.2) is 0 Å². The average Bonchev–Trinajstić information content (AvgIpc) is 2.17. The Morgan fingerprint density at radius 1 is 1.45 bits per heavy atom. The molecular weight excluding hydrogens is 134 g/mol. The van der Waals surface area contributed by atoms with Crippen molar-refractivity contribution in [2.45, 2.75) is 19.4 Å². The maximum Gasteiger partial charge on any atom is 0.0332 e. The monoisotopic (exact) mass is 150 g/mol. The van der Waals surface area contributed by atoms with Gasteiger partial charge in [0.15, 0.2) is 0 Å². The molecule has 0 aliphatic rings. The Morgan fingerprint density at radius 2 is 2.09 bits per heavy atom. The minimum Gasteiger partial charge on any atom is -0.317 e. The first-order valence-electron chi connectivity index (χ1n) is 4.48. The van der Waals surface area contributed by atoms with Crippen LogP contribution in [-0.2, 0) is 6.40 Å². The van der Waals surface area contributed by atoms with Gasteiger partial charge < -0.3 is 5.32 Å². The van der Waals surface area contributed by atoms with Gasteiger partial charge in [0.2, 0.25) is 0 Å². The van der Waals surface area contributed by atoms with E-state index in [-0.39, 0.29) is 12.4 Å². The number of hydrogen-bond acceptors (Lipinski definition) is 1. The fourth-order valence-corrected chi connectivity index (χ4v) is 0.936. The molecule has 1 aromatic carbocycles. The van der Waals surface area contributed by atoms with Crippen molar-refractivity contribution < 1.29 is 1.37 Å². The molecule has 11 heavy (non-hydrogen) atoms. The molecule has 1 aromatic rings. The van der Waals surface area contributed by atoms with Gasteiger partial charge in [-0.1, -0.05) is 30.3 Å². The van der Waals surface area contributed by atoms with Crippen LogP contribution in [0.25, 0.3) is 0 Å². The van der Waals surface area contributed by atoms with E-state index in [1.807, 2.05) is 44.3 Å². The van der Waals surface area contributed by atoms with Gasteiger partial charge in [0.1, 0.15) is 0 Å². The summed E-state index contributed by atoms with van der Waals surface area (Å²) in [6.45, 7) is 2.02. The molecule has 1 unspecified atom stereocenters. The zero-order valence-corrected chi connectivity index (χ0v) is 7.04. The predicted octanol–water partition coefficient (Wildman–Crippen LogP) is 1.84. The van der Waals surface area contributed by atoms with Gasteiger partial charge >= 0.3 is 0 Å². The number of rotatable bonds is 3. The first kappa shape index (κ1) is 6.86. The zero-order chi connectivity index (χ0) is 8.97. The quantitative estimate of drug-likeness (QED) is 0.693. The van der Waals surface area contributed by atoms with E-state index < -0.39 is 0 Å². The third-order valence-electron chi connectivity index (χ3n) is 1.70. The molecule has 1 rings (SSSR count). The summed E-state index contributed by atoms with van der Waals surface area (Å²) in [7, 11) is 1.88. The van der Waals surface area contributed by atoms with Crippen LogP contribution in [0.15, 0.2) is 30.3 Å². The van der Waals surface area contributed by atoms with Crippen molar-refractivity contribution in [3.63, 3.8) is 0 Å². The summed E-state index contributed by atoms with van der Waals surface area (Å²) in [5.41, 5.74) is 1.07. The Morgan fingerprint density at radius 3 is 2.64 bits per heavy atom. The first-order chi connectivity index (χ1) is 5.75. The highest BCUT2D eigenvalue weighted by atomic mass is 14.8. The van der Waals surface area contributed by atoms with Crippen molar-refractivity contribution in [1.29, 1.82) is 0 Å². The van der Waals surface area contributed by atoms with Crippen LogP contribution < -0.4 is 5.32 Å². The SMILES string of the molecule is [2H]C(c1ccccc1)[C@H](C)NC. The first-order valence-corrected chi connectivity index (χ1v) is 3.90. The van der Waals surface area contributed by atoms with Crippen LogP contribution in [0.2, 0.25) is 0 Å². The van der Waals surface area contributed by atoms with Gasteiger partial charge in [-0.05, 0) is 25.9 Å². The van der Waals surface area contributed by atoms with Crippen molar-refractivity contribution in [2.75, 3.05) is 7.05 Å². The van der Waals surface area contributed by atoms with Crippen LogP contribution in [-0.4, -0.2) is 13.1 Å². The van der Waals surface area contributed by atoms with Crippen LogP contribution in [0, 0.1) is 0 Å². The van der Waals surface area contributed by atoms with Crippen molar-refractivity contribution in [3.05, 3.63) is 35.9 Å². The molecule has 0 aliphatic carbocycles. The lowest BCUT2D eigenvalue weighted by Gasteiger charge is -2.08. The molecule has 0 amide bonds. The molecule has 0 spiro atoms. The number of benzene rings is 1. The summed E-state index contributed by atoms with van der Waals surface area (Å²) in [4.78, 5) is 0. The van der Waals surface area contributed by atoms with E-state index in [9.17, 15) is 0 Å². The fraction of sp³-hybridized carbons (Fsp3) is 0.400. The van der Waals surface area contributed by atoms with Crippen LogP contribution in [0.4, 0.5) is 0 Å². The van der Waals surface area contributed by atoms with E-state index >= 15 is 0 Å². The Bertz CT molecular complexity index is 223. The molecule has 60 valence electrons. The molecule has 0 radical (unpaired) electrons. The Balaban J connectivity index is 2.71. The lowest BCUT2D eigenvalue weighted by Crippen LogP contribution is -2.23. The summed E-state index contributed by atoms with van der Waals surface area (Å²) in [5, 5.41) is 3.08. The van der Waals surface area contributed by atoms with Gasteiger partial charge in [-0.15, -0.1) is 0 Å². The predicted molar refractivity (Wildman–Crippen MR) is 48.7 cm³/mol. The molecule has 1 nitrogen and oxygen atoms in total. The summed E-state index contributed by atoms with van der Waals surface area (Å²) in [6, 6.07) is 10.1. The number of likely N-dealkylation sites (N-methyl/N-ethyl adjacent to an activating group) is 1. The molecular formula is C10H15N. The molecule has 0 heterocycles. The standard InChI is InChI=1S/C10H15N/c1-9(11-2)8-10-6-4-3-5-7-10/h3-7,9,11H,8H2,1-2H3/t9-/m0/s1/i8D/t8?,9-. The minimum absolute atomic E-state index is 0.170. The Labute approximate surface area is 69.8 Å². The third-order valence-corrected chi connectivity index (χ3v) is 1.70. The molecule has 0 aromatic heterocycles. The van der Waals surface area contributed by atoms with Crippen molar-refractivity contribution in [1.82, 2.24) is 5.32 Å². The number of hydrogen-bond donors (Lipinski definition) is 1. The largest absolute Gasteiger partial charge is 0.317 e. The second kappa shape index (κ2) is 4.14. The Kier molecular flexibility index (Phi) is 2.58. The summed E-state index contributed by atoms with van der Waals surface area (Å²) in [6.07, 6.45) is -0.170. The van der Waals surface area contributed by atoms with E-state index in [0.717, 1.165) is 5.56 Å². The van der Waals surface area contributed by atoms with Crippen molar-refractivity contribution in [3.8, 4) is 0 Å². The summed E-state index contributed by atoms with van der Waals surface area (Å²) >= 11 is 0. The molecule has 1 N–H and O–H groups in total. The van der Waals surface area contributed by atoms with E-state index in [0.29, 0.717) is 0 Å². The maximum atomic E-state index is 7.86. The minimum atomic E-state index is -0.170. The van der Waals surface area contributed by atoms with E-state index in [1.165, 1.54) is 0 Å². The molecule has 0 saturated heterocycles. The van der Waals surface area contributed by atoms with Crippen LogP contribution in [0.3, 0.4) is 0 Å². The average molecular weight is 150 g/mol. The smallest absolute Gasteiger partial charge is 0.0332 e. The molecule has 0 saturated carbocycles. The highest BCUT2D eigenvalue weighted by molar-refractivity contribution is 5.15. The highest BCUT2D eigenvalue weighted by Gasteiger charge is 1.97. The van der Waals surface area contributed by atoms with E-state index in [2.05, 4.69) is 5.32 Å².